The summed E-state index contributed by atoms with van der Waals surface area (Å²) in [4.78, 5) is 42.3. The van der Waals surface area contributed by atoms with Crippen LogP contribution in [0.1, 0.15) is 49.4 Å². The lowest BCUT2D eigenvalue weighted by Gasteiger charge is -2.31. The fourth-order valence-corrected chi connectivity index (χ4v) is 4.85. The number of aryl methyl sites for hydroxylation is 1. The highest BCUT2D eigenvalue weighted by Gasteiger charge is 2.45. The van der Waals surface area contributed by atoms with Gasteiger partial charge < -0.3 is 23.9 Å². The molecular formula is C25H24N2O7. The van der Waals surface area contributed by atoms with Crippen molar-refractivity contribution in [1.29, 1.82) is 0 Å². The Balaban J connectivity index is 1.69. The van der Waals surface area contributed by atoms with E-state index in [1.807, 2.05) is 6.92 Å². The van der Waals surface area contributed by atoms with Crippen molar-refractivity contribution in [3.05, 3.63) is 56.9 Å². The first-order chi connectivity index (χ1) is 16.3. The molecule has 3 aromatic rings. The summed E-state index contributed by atoms with van der Waals surface area (Å²) in [6.45, 7) is 5.73. The molecule has 0 radical (unpaired) electrons. The van der Waals surface area contributed by atoms with Gasteiger partial charge in [-0.2, -0.15) is 0 Å². The predicted molar refractivity (Wildman–Crippen MR) is 122 cm³/mol. The van der Waals surface area contributed by atoms with Crippen LogP contribution in [0.15, 0.2) is 29.1 Å². The fourth-order valence-electron chi connectivity index (χ4n) is 4.85. The normalized spacial score (nSPS) is 18.2. The third-order valence-corrected chi connectivity index (χ3v) is 6.59. The number of carbonyl (C=O) groups is 2. The van der Waals surface area contributed by atoms with E-state index in [2.05, 4.69) is 0 Å². The summed E-state index contributed by atoms with van der Waals surface area (Å²) in [6.07, 6.45) is -0.0326. The molecule has 0 amide bonds. The Morgan fingerprint density at radius 3 is 2.71 bits per heavy atom. The lowest BCUT2D eigenvalue weighted by atomic mass is 9.86. The molecule has 1 N–H and O–H groups in total. The van der Waals surface area contributed by atoms with Gasteiger partial charge in [0.05, 0.1) is 35.6 Å². The zero-order valence-corrected chi connectivity index (χ0v) is 19.1. The van der Waals surface area contributed by atoms with Crippen LogP contribution in [0.2, 0.25) is 0 Å². The first-order valence-electron chi connectivity index (χ1n) is 11.3. The Morgan fingerprint density at radius 1 is 1.21 bits per heavy atom. The highest BCUT2D eigenvalue weighted by Crippen LogP contribution is 2.40. The highest BCUT2D eigenvalue weighted by molar-refractivity contribution is 5.90. The van der Waals surface area contributed by atoms with Gasteiger partial charge in [0.25, 0.3) is 5.56 Å². The van der Waals surface area contributed by atoms with Crippen molar-refractivity contribution in [2.45, 2.75) is 52.4 Å². The lowest BCUT2D eigenvalue weighted by Crippen LogP contribution is -2.44. The van der Waals surface area contributed by atoms with Gasteiger partial charge in [0, 0.05) is 16.5 Å². The van der Waals surface area contributed by atoms with Gasteiger partial charge in [-0.05, 0) is 49.6 Å². The van der Waals surface area contributed by atoms with Crippen molar-refractivity contribution in [3.63, 3.8) is 0 Å². The minimum absolute atomic E-state index is 0.0865. The van der Waals surface area contributed by atoms with Crippen LogP contribution in [0.5, 0.6) is 5.75 Å². The largest absolute Gasteiger partial charge is 0.513 e. The smallest absolute Gasteiger partial charge is 0.458 e. The van der Waals surface area contributed by atoms with Gasteiger partial charge in [0.1, 0.15) is 12.4 Å². The Bertz CT molecular complexity index is 1430. The molecular weight excluding hydrogens is 440 g/mol. The first-order valence-corrected chi connectivity index (χ1v) is 11.3. The van der Waals surface area contributed by atoms with E-state index in [4.69, 9.17) is 19.2 Å². The van der Waals surface area contributed by atoms with Crippen LogP contribution in [0.25, 0.3) is 22.3 Å². The van der Waals surface area contributed by atoms with Crippen LogP contribution in [0.3, 0.4) is 0 Å². The van der Waals surface area contributed by atoms with Crippen LogP contribution in [0, 0.1) is 0 Å². The third kappa shape index (κ3) is 3.11. The number of rotatable bonds is 4. The van der Waals surface area contributed by atoms with Crippen molar-refractivity contribution in [2.24, 2.45) is 0 Å². The number of hydrogen-bond donors (Lipinski definition) is 1. The number of aromatic nitrogens is 2. The molecule has 2 aliphatic heterocycles. The predicted octanol–water partition coefficient (Wildman–Crippen LogP) is 3.18. The zero-order valence-electron chi connectivity index (χ0n) is 19.1. The summed E-state index contributed by atoms with van der Waals surface area (Å²) in [5.74, 6) is -0.408. The number of pyridine rings is 2. The molecule has 5 rings (SSSR count). The second kappa shape index (κ2) is 7.95. The molecule has 9 heteroatoms. The molecule has 176 valence electrons. The summed E-state index contributed by atoms with van der Waals surface area (Å²) < 4.78 is 16.9. The third-order valence-electron chi connectivity index (χ3n) is 6.59. The molecule has 0 saturated heterocycles. The molecule has 0 spiro atoms. The van der Waals surface area contributed by atoms with Crippen molar-refractivity contribution in [2.75, 3.05) is 6.61 Å². The van der Waals surface area contributed by atoms with E-state index in [9.17, 15) is 19.5 Å². The summed E-state index contributed by atoms with van der Waals surface area (Å²) in [5, 5.41) is 11.8. The minimum atomic E-state index is -1.87. The van der Waals surface area contributed by atoms with Crippen molar-refractivity contribution in [3.8, 4) is 17.1 Å². The van der Waals surface area contributed by atoms with Crippen molar-refractivity contribution < 1.29 is 28.9 Å². The average Bonchev–Trinajstić information content (AvgIpc) is 3.19. The Hall–Kier alpha value is -3.72. The monoisotopic (exact) mass is 464 g/mol. The van der Waals surface area contributed by atoms with Gasteiger partial charge in [-0.3, -0.25) is 4.79 Å². The maximum Gasteiger partial charge on any atom is 0.513 e. The molecule has 1 atom stereocenters. The SMILES string of the molecule is CCOC(=O)Oc1ccc2nc3c(c(CC)c2c1)Cn1c-3cc2c(c1=O)COC(=O)[C@]2(O)CC. The number of hydrogen-bond acceptors (Lipinski definition) is 8. The molecule has 4 heterocycles. The van der Waals surface area contributed by atoms with Crippen molar-refractivity contribution >= 4 is 23.0 Å². The van der Waals surface area contributed by atoms with Crippen LogP contribution in [-0.4, -0.2) is 33.4 Å². The molecule has 2 aromatic heterocycles. The summed E-state index contributed by atoms with van der Waals surface area (Å²) in [5.41, 5.74) is 2.14. The lowest BCUT2D eigenvalue weighted by molar-refractivity contribution is -0.172. The number of ether oxygens (including phenoxy) is 3. The van der Waals surface area contributed by atoms with Crippen LogP contribution in [-0.2, 0) is 39.4 Å². The number of aliphatic hydroxyl groups is 1. The first kappa shape index (κ1) is 22.1. The number of esters is 1. The molecule has 2 aliphatic rings. The van der Waals surface area contributed by atoms with Gasteiger partial charge in [-0.25, -0.2) is 14.6 Å². The number of fused-ring (bicyclic) bond motifs is 5. The second-order valence-electron chi connectivity index (χ2n) is 8.34. The van der Waals surface area contributed by atoms with E-state index >= 15 is 0 Å². The van der Waals surface area contributed by atoms with E-state index in [-0.39, 0.29) is 36.3 Å². The van der Waals surface area contributed by atoms with Gasteiger partial charge in [0.2, 0.25) is 0 Å². The van der Waals surface area contributed by atoms with Crippen LogP contribution >= 0.6 is 0 Å². The minimum Gasteiger partial charge on any atom is -0.458 e. The molecule has 0 fully saturated rings. The summed E-state index contributed by atoms with van der Waals surface area (Å²) in [6, 6.07) is 6.83. The van der Waals surface area contributed by atoms with E-state index in [1.165, 1.54) is 0 Å². The zero-order chi connectivity index (χ0) is 24.2. The Morgan fingerprint density at radius 2 is 2.00 bits per heavy atom. The molecule has 0 unspecified atom stereocenters. The quantitative estimate of drug-likeness (QED) is 0.362. The fraction of sp³-hybridized carbons (Fsp3) is 0.360. The molecule has 34 heavy (non-hydrogen) atoms. The van der Waals surface area contributed by atoms with E-state index in [0.717, 1.165) is 16.5 Å². The standard InChI is InChI=1S/C25H24N2O7/c1-4-14-15-9-13(34-24(30)32-6-3)7-8-19(15)26-21-16(14)11-27-20(21)10-18-17(22(27)28)12-33-23(29)25(18,31)5-2/h7-10,31H,4-6,11-12H2,1-3H3/t25-/m0/s1. The number of nitrogens with zero attached hydrogens (tertiary/aromatic N) is 2. The number of carbonyl (C=O) groups excluding carboxylic acids is 2. The van der Waals surface area contributed by atoms with E-state index in [0.29, 0.717) is 35.6 Å². The van der Waals surface area contributed by atoms with Gasteiger partial charge in [-0.15, -0.1) is 0 Å². The molecule has 0 aliphatic carbocycles. The molecule has 0 saturated carbocycles. The van der Waals surface area contributed by atoms with E-state index in [1.54, 1.807) is 42.7 Å². The average molecular weight is 464 g/mol. The van der Waals surface area contributed by atoms with Crippen molar-refractivity contribution in [1.82, 2.24) is 9.55 Å². The maximum absolute atomic E-state index is 13.4. The molecule has 1 aromatic carbocycles. The molecule has 0 bridgehead atoms. The number of cyclic esters (lactones) is 1. The number of benzene rings is 1. The Labute approximate surface area is 194 Å². The Kier molecular flexibility index (Phi) is 5.16. The summed E-state index contributed by atoms with van der Waals surface area (Å²) >= 11 is 0. The van der Waals surface area contributed by atoms with Gasteiger partial charge in [0.15, 0.2) is 5.60 Å². The van der Waals surface area contributed by atoms with Gasteiger partial charge in [-0.1, -0.05) is 13.8 Å². The maximum atomic E-state index is 13.4. The second-order valence-corrected chi connectivity index (χ2v) is 8.34. The summed E-state index contributed by atoms with van der Waals surface area (Å²) in [7, 11) is 0. The molecule has 9 nitrogen and oxygen atoms in total. The van der Waals surface area contributed by atoms with Gasteiger partial charge >= 0.3 is 12.1 Å². The van der Waals surface area contributed by atoms with Crippen LogP contribution < -0.4 is 10.3 Å². The van der Waals surface area contributed by atoms with E-state index < -0.39 is 17.7 Å². The van der Waals surface area contributed by atoms with Crippen LogP contribution in [0.4, 0.5) is 4.79 Å². The topological polar surface area (TPSA) is 117 Å². The highest BCUT2D eigenvalue weighted by atomic mass is 16.7.